The van der Waals surface area contributed by atoms with Crippen LogP contribution in [-0.2, 0) is 18.7 Å². The van der Waals surface area contributed by atoms with E-state index in [0.717, 1.165) is 0 Å². The summed E-state index contributed by atoms with van der Waals surface area (Å²) in [6.07, 6.45) is 0.243. The molecule has 1 amide bonds. The van der Waals surface area contributed by atoms with Gasteiger partial charge in [-0.05, 0) is 25.1 Å². The van der Waals surface area contributed by atoms with E-state index in [2.05, 4.69) is 40.4 Å². The number of β-lactam (4-membered cyclic amide) rings is 1. The first-order valence-corrected chi connectivity index (χ1v) is 12.6. The second kappa shape index (κ2) is 8.00. The highest BCUT2D eigenvalue weighted by Gasteiger charge is 2.60. The maximum atomic E-state index is 12.9. The fraction of sp³-hybridized carbons (Fsp3) is 0.700. The summed E-state index contributed by atoms with van der Waals surface area (Å²) in [5.74, 6) is -0.538. The van der Waals surface area contributed by atoms with Gasteiger partial charge in [-0.15, -0.1) is 0 Å². The minimum Gasteiger partial charge on any atom is -0.430 e. The molecule has 1 N–H and O–H groups in total. The van der Waals surface area contributed by atoms with Gasteiger partial charge < -0.3 is 19.0 Å². The molecule has 0 bridgehead atoms. The number of carbonyl (C=O) groups is 2. The first-order chi connectivity index (χ1) is 12.9. The molecular weight excluding hydrogens is 378 g/mol. The second-order valence-corrected chi connectivity index (χ2v) is 13.8. The Morgan fingerprint density at radius 3 is 2.50 bits per heavy atom. The van der Waals surface area contributed by atoms with Crippen molar-refractivity contribution in [2.75, 3.05) is 13.2 Å². The lowest BCUT2D eigenvalue weighted by Crippen LogP contribution is -2.65. The number of hydrogen-bond acceptors (Lipinski definition) is 6. The maximum Gasteiger partial charge on any atom is 0.515 e. The average molecular weight is 412 g/mol. The summed E-state index contributed by atoms with van der Waals surface area (Å²) in [5.41, 5.74) is 0.524. The number of amides is 1. The van der Waals surface area contributed by atoms with Crippen molar-refractivity contribution in [3.63, 3.8) is 0 Å². The van der Waals surface area contributed by atoms with Crippen LogP contribution in [-0.4, -0.2) is 55.7 Å². The largest absolute Gasteiger partial charge is 0.515 e. The Morgan fingerprint density at radius 2 is 2.00 bits per heavy atom. The van der Waals surface area contributed by atoms with Gasteiger partial charge in [0.2, 0.25) is 11.8 Å². The van der Waals surface area contributed by atoms with Crippen LogP contribution < -0.4 is 0 Å². The highest BCUT2D eigenvalue weighted by atomic mass is 28.4. The number of hydrogen-bond donors (Lipinski definition) is 1. The molecule has 0 aromatic rings. The van der Waals surface area contributed by atoms with Crippen LogP contribution in [0.15, 0.2) is 24.1 Å². The van der Waals surface area contributed by atoms with E-state index in [4.69, 9.17) is 13.9 Å². The van der Waals surface area contributed by atoms with E-state index < -0.39 is 14.5 Å². The molecule has 0 spiro atoms. The molecule has 0 aliphatic carbocycles. The molecular formula is C20H33NO6Si. The third kappa shape index (κ3) is 3.90. The minimum atomic E-state index is -2.04. The number of rotatable bonds is 7. The lowest BCUT2D eigenvalue weighted by Gasteiger charge is -2.49. The monoisotopic (exact) mass is 411 g/mol. The Morgan fingerprint density at radius 1 is 1.39 bits per heavy atom. The van der Waals surface area contributed by atoms with Crippen LogP contribution in [0.2, 0.25) is 18.1 Å². The standard InChI is InChI=1S/C20H33NO6Si/c1-9-10-25-19(24)26-18-14(11-22)12(2)16-15(17(23)21(16)18)13(3)27-28(7,8)20(4,5)6/h9,12-13,15-16,22H,1,10-11H2,2-8H3/t12-,13+,15-,16+/m0/s1. The molecule has 8 heteroatoms. The SMILES string of the molecule is C=CCOC(=O)OC1=C(CO)[C@H](C)[C@@H]2[C@H]([C@@H](C)O[Si](C)(C)C(C)(C)C)C(=O)N12. The van der Waals surface area contributed by atoms with Crippen LogP contribution in [0.5, 0.6) is 0 Å². The highest BCUT2D eigenvalue weighted by Crippen LogP contribution is 2.49. The van der Waals surface area contributed by atoms with Crippen LogP contribution in [0.25, 0.3) is 0 Å². The predicted molar refractivity (Wildman–Crippen MR) is 108 cm³/mol. The molecule has 1 fully saturated rings. The van der Waals surface area contributed by atoms with Crippen molar-refractivity contribution < 1.29 is 28.6 Å². The Hall–Kier alpha value is -1.64. The number of aliphatic hydroxyl groups is 1. The van der Waals surface area contributed by atoms with Gasteiger partial charge in [-0.3, -0.25) is 9.69 Å². The van der Waals surface area contributed by atoms with Gasteiger partial charge in [0.15, 0.2) is 8.32 Å². The van der Waals surface area contributed by atoms with Crippen molar-refractivity contribution >= 4 is 20.4 Å². The molecule has 2 rings (SSSR count). The molecule has 0 aromatic heterocycles. The summed E-state index contributed by atoms with van der Waals surface area (Å²) in [7, 11) is -2.04. The summed E-state index contributed by atoms with van der Waals surface area (Å²) in [6.45, 7) is 17.8. The van der Waals surface area contributed by atoms with Gasteiger partial charge in [0.05, 0.1) is 24.7 Å². The summed E-state index contributed by atoms with van der Waals surface area (Å²) < 4.78 is 16.5. The summed E-state index contributed by atoms with van der Waals surface area (Å²) in [4.78, 5) is 26.2. The van der Waals surface area contributed by atoms with Crippen molar-refractivity contribution in [3.8, 4) is 0 Å². The Balaban J connectivity index is 2.18. The average Bonchev–Trinajstić information content (AvgIpc) is 2.78. The number of carbonyl (C=O) groups excluding carboxylic acids is 2. The van der Waals surface area contributed by atoms with Gasteiger partial charge in [0.1, 0.15) is 6.61 Å². The van der Waals surface area contributed by atoms with Crippen molar-refractivity contribution in [3.05, 3.63) is 24.1 Å². The zero-order chi connectivity index (χ0) is 21.4. The Bertz CT molecular complexity index is 681. The zero-order valence-corrected chi connectivity index (χ0v) is 18.9. The van der Waals surface area contributed by atoms with E-state index in [1.54, 1.807) is 0 Å². The van der Waals surface area contributed by atoms with E-state index in [1.165, 1.54) is 11.0 Å². The van der Waals surface area contributed by atoms with E-state index in [1.807, 2.05) is 13.8 Å². The summed E-state index contributed by atoms with van der Waals surface area (Å²) in [6, 6.07) is -0.198. The van der Waals surface area contributed by atoms with Crippen LogP contribution in [0, 0.1) is 11.8 Å². The number of fused-ring (bicyclic) bond motifs is 1. The second-order valence-electron chi connectivity index (χ2n) is 9.04. The van der Waals surface area contributed by atoms with E-state index in [0.29, 0.717) is 5.57 Å². The molecule has 4 atom stereocenters. The molecule has 0 saturated carbocycles. The van der Waals surface area contributed by atoms with Crippen molar-refractivity contribution in [1.82, 2.24) is 4.90 Å². The fourth-order valence-corrected chi connectivity index (χ4v) is 5.04. The van der Waals surface area contributed by atoms with Gasteiger partial charge in [0, 0.05) is 11.5 Å². The first kappa shape index (κ1) is 22.6. The number of aliphatic hydroxyl groups excluding tert-OH is 1. The summed E-state index contributed by atoms with van der Waals surface area (Å²) >= 11 is 0. The third-order valence-corrected chi connectivity index (χ3v) is 10.8. The normalized spacial score (nSPS) is 25.9. The molecule has 0 radical (unpaired) electrons. The van der Waals surface area contributed by atoms with Gasteiger partial charge in [0.25, 0.3) is 0 Å². The predicted octanol–water partition coefficient (Wildman–Crippen LogP) is 3.42. The fourth-order valence-electron chi connectivity index (χ4n) is 3.61. The topological polar surface area (TPSA) is 85.3 Å². The molecule has 2 heterocycles. The Labute approximate surface area is 168 Å². The lowest BCUT2D eigenvalue weighted by molar-refractivity contribution is -0.162. The van der Waals surface area contributed by atoms with Crippen LogP contribution in [0.4, 0.5) is 4.79 Å². The molecule has 2 aliphatic rings. The number of nitrogens with zero attached hydrogens (tertiary/aromatic N) is 1. The van der Waals surface area contributed by atoms with Crippen molar-refractivity contribution in [2.24, 2.45) is 11.8 Å². The molecule has 158 valence electrons. The quantitative estimate of drug-likeness (QED) is 0.299. The minimum absolute atomic E-state index is 0.00745. The molecule has 0 unspecified atom stereocenters. The molecule has 7 nitrogen and oxygen atoms in total. The van der Waals surface area contributed by atoms with E-state index in [9.17, 15) is 14.7 Å². The maximum absolute atomic E-state index is 12.9. The van der Waals surface area contributed by atoms with Crippen LogP contribution in [0.3, 0.4) is 0 Å². The van der Waals surface area contributed by atoms with E-state index >= 15 is 0 Å². The van der Waals surface area contributed by atoms with Crippen molar-refractivity contribution in [2.45, 2.75) is 64.9 Å². The molecule has 0 aromatic carbocycles. The van der Waals surface area contributed by atoms with Crippen LogP contribution >= 0.6 is 0 Å². The van der Waals surface area contributed by atoms with Gasteiger partial charge >= 0.3 is 6.16 Å². The highest BCUT2D eigenvalue weighted by molar-refractivity contribution is 6.74. The van der Waals surface area contributed by atoms with Crippen molar-refractivity contribution in [1.29, 1.82) is 0 Å². The van der Waals surface area contributed by atoms with Crippen LogP contribution in [0.1, 0.15) is 34.6 Å². The van der Waals surface area contributed by atoms with Gasteiger partial charge in [-0.1, -0.05) is 40.3 Å². The first-order valence-electron chi connectivity index (χ1n) is 9.67. The molecule has 2 aliphatic heterocycles. The lowest BCUT2D eigenvalue weighted by atomic mass is 9.78. The zero-order valence-electron chi connectivity index (χ0n) is 17.9. The van der Waals surface area contributed by atoms with Gasteiger partial charge in [-0.25, -0.2) is 4.79 Å². The number of ether oxygens (including phenoxy) is 2. The summed E-state index contributed by atoms with van der Waals surface area (Å²) in [5, 5.41) is 9.83. The molecule has 1 saturated heterocycles. The Kier molecular flexibility index (Phi) is 6.47. The van der Waals surface area contributed by atoms with Gasteiger partial charge in [-0.2, -0.15) is 0 Å². The smallest absolute Gasteiger partial charge is 0.430 e. The third-order valence-electron chi connectivity index (χ3n) is 6.21. The molecule has 28 heavy (non-hydrogen) atoms. The van der Waals surface area contributed by atoms with E-state index in [-0.39, 0.29) is 54.0 Å².